The summed E-state index contributed by atoms with van der Waals surface area (Å²) in [6.45, 7) is 0. The number of aromatic nitrogens is 1. The summed E-state index contributed by atoms with van der Waals surface area (Å²) < 4.78 is 0.716. The third kappa shape index (κ3) is 3.39. The summed E-state index contributed by atoms with van der Waals surface area (Å²) in [6.07, 6.45) is 3.05. The van der Waals surface area contributed by atoms with Crippen LogP contribution in [-0.4, -0.2) is 10.9 Å². The van der Waals surface area contributed by atoms with Crippen LogP contribution in [0.5, 0.6) is 0 Å². The fourth-order valence-electron chi connectivity index (χ4n) is 1.59. The summed E-state index contributed by atoms with van der Waals surface area (Å²) >= 11 is 3.25. The molecule has 1 aromatic heterocycles. The Balaban J connectivity index is 2.16. The SMILES string of the molecule is N#CC(NC(=O)c1cncc(Br)c1)c1ccccc1. The fourth-order valence-corrected chi connectivity index (χ4v) is 1.95. The van der Waals surface area contributed by atoms with Crippen molar-refractivity contribution in [2.24, 2.45) is 0 Å². The summed E-state index contributed by atoms with van der Waals surface area (Å²) in [5.41, 5.74) is 1.16. The quantitative estimate of drug-likeness (QED) is 0.947. The van der Waals surface area contributed by atoms with Gasteiger partial charge in [0, 0.05) is 16.9 Å². The highest BCUT2D eigenvalue weighted by atomic mass is 79.9. The lowest BCUT2D eigenvalue weighted by Crippen LogP contribution is -2.27. The molecule has 0 saturated carbocycles. The molecule has 0 aliphatic heterocycles. The van der Waals surface area contributed by atoms with Crippen LogP contribution in [0, 0.1) is 11.3 Å². The standard InChI is InChI=1S/C14H10BrN3O/c15-12-6-11(8-17-9-12)14(19)18-13(7-16)10-4-2-1-3-5-10/h1-6,8-9,13H,(H,18,19). The van der Waals surface area contributed by atoms with Gasteiger partial charge in [0.05, 0.1) is 11.6 Å². The van der Waals surface area contributed by atoms with Gasteiger partial charge in [0.2, 0.25) is 0 Å². The predicted molar refractivity (Wildman–Crippen MR) is 74.2 cm³/mol. The molecule has 19 heavy (non-hydrogen) atoms. The number of rotatable bonds is 3. The van der Waals surface area contributed by atoms with Gasteiger partial charge in [0.25, 0.3) is 5.91 Å². The third-order valence-electron chi connectivity index (χ3n) is 2.50. The number of amides is 1. The van der Waals surface area contributed by atoms with E-state index in [9.17, 15) is 4.79 Å². The van der Waals surface area contributed by atoms with E-state index in [1.54, 1.807) is 24.4 Å². The molecule has 94 valence electrons. The van der Waals surface area contributed by atoms with Gasteiger partial charge in [-0.3, -0.25) is 9.78 Å². The van der Waals surface area contributed by atoms with Crippen molar-refractivity contribution >= 4 is 21.8 Å². The van der Waals surface area contributed by atoms with Crippen LogP contribution in [0.2, 0.25) is 0 Å². The molecule has 0 bridgehead atoms. The fraction of sp³-hybridized carbons (Fsp3) is 0.0714. The van der Waals surface area contributed by atoms with Crippen LogP contribution in [0.4, 0.5) is 0 Å². The molecular formula is C14H10BrN3O. The lowest BCUT2D eigenvalue weighted by molar-refractivity contribution is 0.0944. The van der Waals surface area contributed by atoms with Gasteiger partial charge in [-0.25, -0.2) is 0 Å². The zero-order valence-corrected chi connectivity index (χ0v) is 11.5. The number of carbonyl (C=O) groups is 1. The van der Waals surface area contributed by atoms with E-state index in [4.69, 9.17) is 5.26 Å². The van der Waals surface area contributed by atoms with Crippen molar-refractivity contribution in [3.63, 3.8) is 0 Å². The Labute approximate surface area is 119 Å². The summed E-state index contributed by atoms with van der Waals surface area (Å²) in [5, 5.41) is 11.8. The molecule has 4 nitrogen and oxygen atoms in total. The van der Waals surface area contributed by atoms with Gasteiger partial charge in [-0.15, -0.1) is 0 Å². The number of nitrogens with zero attached hydrogens (tertiary/aromatic N) is 2. The van der Waals surface area contributed by atoms with Gasteiger partial charge in [-0.1, -0.05) is 30.3 Å². The molecule has 0 saturated heterocycles. The molecule has 1 unspecified atom stereocenters. The Kier molecular flexibility index (Phi) is 4.26. The van der Waals surface area contributed by atoms with E-state index in [0.29, 0.717) is 10.0 Å². The molecule has 1 N–H and O–H groups in total. The second-order valence-corrected chi connectivity index (χ2v) is 4.75. The van der Waals surface area contributed by atoms with E-state index in [0.717, 1.165) is 5.56 Å². The Morgan fingerprint density at radius 3 is 2.68 bits per heavy atom. The molecule has 1 heterocycles. The van der Waals surface area contributed by atoms with E-state index in [1.807, 2.05) is 18.2 Å². The molecule has 0 aliphatic rings. The third-order valence-corrected chi connectivity index (χ3v) is 2.94. The van der Waals surface area contributed by atoms with Crippen LogP contribution in [0.25, 0.3) is 0 Å². The van der Waals surface area contributed by atoms with Crippen molar-refractivity contribution in [1.29, 1.82) is 5.26 Å². The number of nitrogens with one attached hydrogen (secondary N) is 1. The average molecular weight is 316 g/mol. The second-order valence-electron chi connectivity index (χ2n) is 3.84. The Morgan fingerprint density at radius 1 is 1.32 bits per heavy atom. The van der Waals surface area contributed by atoms with Crippen LogP contribution >= 0.6 is 15.9 Å². The van der Waals surface area contributed by atoms with E-state index in [1.165, 1.54) is 6.20 Å². The first-order chi connectivity index (χ1) is 9.20. The lowest BCUT2D eigenvalue weighted by atomic mass is 10.1. The summed E-state index contributed by atoms with van der Waals surface area (Å²) in [4.78, 5) is 15.9. The minimum absolute atomic E-state index is 0.329. The summed E-state index contributed by atoms with van der Waals surface area (Å²) in [5.74, 6) is -0.329. The second kappa shape index (κ2) is 6.12. The number of nitriles is 1. The number of pyridine rings is 1. The molecule has 1 amide bonds. The molecule has 2 aromatic rings. The van der Waals surface area contributed by atoms with Crippen LogP contribution in [0.1, 0.15) is 22.0 Å². The van der Waals surface area contributed by atoms with Crippen LogP contribution in [0.3, 0.4) is 0 Å². The maximum Gasteiger partial charge on any atom is 0.254 e. The topological polar surface area (TPSA) is 65.8 Å². The largest absolute Gasteiger partial charge is 0.332 e. The first kappa shape index (κ1) is 13.2. The van der Waals surface area contributed by atoms with Gasteiger partial charge in [0.1, 0.15) is 6.04 Å². The minimum atomic E-state index is -0.673. The zero-order chi connectivity index (χ0) is 13.7. The molecular weight excluding hydrogens is 306 g/mol. The van der Waals surface area contributed by atoms with E-state index in [-0.39, 0.29) is 5.91 Å². The van der Waals surface area contributed by atoms with Gasteiger partial charge in [-0.2, -0.15) is 5.26 Å². The maximum atomic E-state index is 12.0. The molecule has 0 fully saturated rings. The van der Waals surface area contributed by atoms with Crippen molar-refractivity contribution in [3.05, 3.63) is 64.4 Å². The highest BCUT2D eigenvalue weighted by Crippen LogP contribution is 2.14. The number of hydrogen-bond donors (Lipinski definition) is 1. The molecule has 0 radical (unpaired) electrons. The van der Waals surface area contributed by atoms with Crippen LogP contribution in [0.15, 0.2) is 53.3 Å². The molecule has 1 atom stereocenters. The predicted octanol–water partition coefficient (Wildman–Crippen LogP) is 2.84. The average Bonchev–Trinajstić information content (AvgIpc) is 2.45. The highest BCUT2D eigenvalue weighted by Gasteiger charge is 2.15. The normalized spacial score (nSPS) is 11.4. The number of benzene rings is 1. The molecule has 5 heteroatoms. The van der Waals surface area contributed by atoms with Crippen molar-refractivity contribution in [3.8, 4) is 6.07 Å². The smallest absolute Gasteiger partial charge is 0.254 e. The minimum Gasteiger partial charge on any atom is -0.332 e. The molecule has 0 spiro atoms. The Bertz CT molecular complexity index is 622. The summed E-state index contributed by atoms with van der Waals surface area (Å²) in [7, 11) is 0. The van der Waals surface area contributed by atoms with Crippen molar-refractivity contribution in [2.45, 2.75) is 6.04 Å². The summed E-state index contributed by atoms with van der Waals surface area (Å²) in [6, 6.07) is 12.2. The van der Waals surface area contributed by atoms with Gasteiger partial charge in [0.15, 0.2) is 0 Å². The number of hydrogen-bond acceptors (Lipinski definition) is 3. The van der Waals surface area contributed by atoms with E-state index >= 15 is 0 Å². The van der Waals surface area contributed by atoms with Crippen molar-refractivity contribution < 1.29 is 4.79 Å². The van der Waals surface area contributed by atoms with Crippen LogP contribution < -0.4 is 5.32 Å². The molecule has 0 aliphatic carbocycles. The van der Waals surface area contributed by atoms with E-state index in [2.05, 4.69) is 32.3 Å². The number of carbonyl (C=O) groups excluding carboxylic acids is 1. The maximum absolute atomic E-state index is 12.0. The monoisotopic (exact) mass is 315 g/mol. The number of halogens is 1. The molecule has 2 rings (SSSR count). The van der Waals surface area contributed by atoms with Crippen molar-refractivity contribution in [2.75, 3.05) is 0 Å². The zero-order valence-electron chi connectivity index (χ0n) is 9.88. The molecule has 1 aromatic carbocycles. The Hall–Kier alpha value is -2.19. The van der Waals surface area contributed by atoms with Gasteiger partial charge >= 0.3 is 0 Å². The lowest BCUT2D eigenvalue weighted by Gasteiger charge is -2.11. The Morgan fingerprint density at radius 2 is 2.05 bits per heavy atom. The first-order valence-corrected chi connectivity index (χ1v) is 6.36. The van der Waals surface area contributed by atoms with Gasteiger partial charge < -0.3 is 5.32 Å². The van der Waals surface area contributed by atoms with Crippen LogP contribution in [-0.2, 0) is 0 Å². The van der Waals surface area contributed by atoms with E-state index < -0.39 is 6.04 Å². The van der Waals surface area contributed by atoms with Crippen molar-refractivity contribution in [1.82, 2.24) is 10.3 Å². The van der Waals surface area contributed by atoms with Gasteiger partial charge in [-0.05, 0) is 27.6 Å². The first-order valence-electron chi connectivity index (χ1n) is 5.56. The highest BCUT2D eigenvalue weighted by molar-refractivity contribution is 9.10.